The van der Waals surface area contributed by atoms with Crippen LogP contribution in [0.15, 0.2) is 24.3 Å². The lowest BCUT2D eigenvalue weighted by molar-refractivity contribution is -0.0277. The zero-order chi connectivity index (χ0) is 13.0. The molecule has 1 saturated heterocycles. The third-order valence-corrected chi connectivity index (χ3v) is 3.32. The van der Waals surface area contributed by atoms with Crippen LogP contribution < -0.4 is 10.2 Å². The maximum atomic E-state index is 5.78. The summed E-state index contributed by atoms with van der Waals surface area (Å²) in [5.41, 5.74) is 2.66. The third kappa shape index (κ3) is 3.24. The average molecular weight is 248 g/mol. The molecule has 1 heterocycles. The third-order valence-electron chi connectivity index (χ3n) is 3.32. The fourth-order valence-corrected chi connectivity index (χ4v) is 2.45. The van der Waals surface area contributed by atoms with Gasteiger partial charge in [0.25, 0.3) is 0 Å². The van der Waals surface area contributed by atoms with E-state index in [-0.39, 0.29) is 5.60 Å². The molecule has 1 fully saturated rings. The Labute approximate surface area is 110 Å². The van der Waals surface area contributed by atoms with E-state index in [1.807, 2.05) is 0 Å². The Hall–Kier alpha value is -1.06. The van der Waals surface area contributed by atoms with E-state index in [2.05, 4.69) is 55.3 Å². The Balaban J connectivity index is 2.16. The van der Waals surface area contributed by atoms with E-state index in [1.165, 1.54) is 11.3 Å². The van der Waals surface area contributed by atoms with E-state index >= 15 is 0 Å². The fourth-order valence-electron chi connectivity index (χ4n) is 2.45. The molecule has 0 saturated carbocycles. The minimum absolute atomic E-state index is 0.0520. The van der Waals surface area contributed by atoms with Crippen LogP contribution in [-0.4, -0.2) is 31.8 Å². The van der Waals surface area contributed by atoms with Gasteiger partial charge in [0.2, 0.25) is 0 Å². The number of nitrogens with one attached hydrogen (secondary N) is 1. The van der Waals surface area contributed by atoms with Crippen LogP contribution in [0.3, 0.4) is 0 Å². The van der Waals surface area contributed by atoms with Crippen molar-refractivity contribution in [1.29, 1.82) is 0 Å². The largest absolute Gasteiger partial charge is 0.372 e. The van der Waals surface area contributed by atoms with Crippen molar-refractivity contribution in [3.05, 3.63) is 29.8 Å². The van der Waals surface area contributed by atoms with Crippen LogP contribution in [0, 0.1) is 0 Å². The molecule has 1 aliphatic heterocycles. The van der Waals surface area contributed by atoms with E-state index in [0.29, 0.717) is 0 Å². The molecular formula is C15H24N2O. The molecule has 0 atom stereocenters. The van der Waals surface area contributed by atoms with Gasteiger partial charge in [-0.3, -0.25) is 0 Å². The number of nitrogens with zero attached hydrogens (tertiary/aromatic N) is 1. The lowest BCUT2D eigenvalue weighted by Crippen LogP contribution is -2.48. The zero-order valence-corrected chi connectivity index (χ0v) is 11.7. The van der Waals surface area contributed by atoms with Crippen molar-refractivity contribution in [2.24, 2.45) is 0 Å². The van der Waals surface area contributed by atoms with Crippen molar-refractivity contribution in [2.45, 2.75) is 32.9 Å². The summed E-state index contributed by atoms with van der Waals surface area (Å²) in [6.45, 7) is 11.1. The van der Waals surface area contributed by atoms with Crippen LogP contribution in [0.2, 0.25) is 0 Å². The number of benzene rings is 1. The number of morpholine rings is 1. The summed E-state index contributed by atoms with van der Waals surface area (Å²) in [7, 11) is 0. The summed E-state index contributed by atoms with van der Waals surface area (Å²) in [5.74, 6) is 0. The summed E-state index contributed by atoms with van der Waals surface area (Å²) < 4.78 is 5.78. The molecule has 0 spiro atoms. The van der Waals surface area contributed by atoms with Gasteiger partial charge in [-0.25, -0.2) is 0 Å². The Bertz CT molecular complexity index is 390. The SMILES string of the molecule is CCNCc1ccccc1N1CCOC(C)(C)C1. The number of rotatable bonds is 4. The lowest BCUT2D eigenvalue weighted by Gasteiger charge is -2.40. The van der Waals surface area contributed by atoms with Gasteiger partial charge in [-0.15, -0.1) is 0 Å². The summed E-state index contributed by atoms with van der Waals surface area (Å²) in [5, 5.41) is 3.41. The molecule has 1 aliphatic rings. The van der Waals surface area contributed by atoms with Crippen molar-refractivity contribution in [3.8, 4) is 0 Å². The molecule has 0 aromatic heterocycles. The van der Waals surface area contributed by atoms with Gasteiger partial charge in [0.1, 0.15) is 0 Å². The topological polar surface area (TPSA) is 24.5 Å². The first-order valence-electron chi connectivity index (χ1n) is 6.80. The highest BCUT2D eigenvalue weighted by molar-refractivity contribution is 5.54. The van der Waals surface area contributed by atoms with Gasteiger partial charge in [-0.05, 0) is 32.0 Å². The average Bonchev–Trinajstić information content (AvgIpc) is 2.35. The van der Waals surface area contributed by atoms with Crippen molar-refractivity contribution in [2.75, 3.05) is 31.1 Å². The van der Waals surface area contributed by atoms with E-state index in [1.54, 1.807) is 0 Å². The Morgan fingerprint density at radius 1 is 1.33 bits per heavy atom. The van der Waals surface area contributed by atoms with Crippen LogP contribution in [0.5, 0.6) is 0 Å². The van der Waals surface area contributed by atoms with Crippen molar-refractivity contribution >= 4 is 5.69 Å². The molecule has 1 N–H and O–H groups in total. The molecule has 0 unspecified atom stereocenters. The first-order valence-corrected chi connectivity index (χ1v) is 6.80. The minimum atomic E-state index is -0.0520. The fraction of sp³-hybridized carbons (Fsp3) is 0.600. The van der Waals surface area contributed by atoms with E-state index in [4.69, 9.17) is 4.74 Å². The van der Waals surface area contributed by atoms with Crippen molar-refractivity contribution < 1.29 is 4.74 Å². The second kappa shape index (κ2) is 5.72. The Kier molecular flexibility index (Phi) is 4.25. The highest BCUT2D eigenvalue weighted by Gasteiger charge is 2.28. The normalized spacial score (nSPS) is 18.9. The molecule has 0 aliphatic carbocycles. The second-order valence-corrected chi connectivity index (χ2v) is 5.44. The van der Waals surface area contributed by atoms with Gasteiger partial charge < -0.3 is 15.0 Å². The van der Waals surface area contributed by atoms with Crippen LogP contribution in [0.25, 0.3) is 0 Å². The molecule has 3 heteroatoms. The van der Waals surface area contributed by atoms with Gasteiger partial charge in [-0.1, -0.05) is 25.1 Å². The van der Waals surface area contributed by atoms with Crippen LogP contribution in [0.1, 0.15) is 26.3 Å². The van der Waals surface area contributed by atoms with Crippen LogP contribution in [-0.2, 0) is 11.3 Å². The van der Waals surface area contributed by atoms with E-state index in [9.17, 15) is 0 Å². The first kappa shape index (κ1) is 13.4. The van der Waals surface area contributed by atoms with Crippen LogP contribution in [0.4, 0.5) is 5.69 Å². The predicted octanol–water partition coefficient (Wildman–Crippen LogP) is 2.41. The Morgan fingerprint density at radius 2 is 2.11 bits per heavy atom. The lowest BCUT2D eigenvalue weighted by atomic mass is 10.0. The molecule has 1 aromatic rings. The number of anilines is 1. The summed E-state index contributed by atoms with van der Waals surface area (Å²) in [6, 6.07) is 8.66. The monoisotopic (exact) mass is 248 g/mol. The Morgan fingerprint density at radius 3 is 2.83 bits per heavy atom. The van der Waals surface area contributed by atoms with Crippen LogP contribution >= 0.6 is 0 Å². The van der Waals surface area contributed by atoms with Gasteiger partial charge in [0, 0.05) is 25.3 Å². The second-order valence-electron chi connectivity index (χ2n) is 5.44. The van der Waals surface area contributed by atoms with Crippen molar-refractivity contribution in [3.63, 3.8) is 0 Å². The molecule has 18 heavy (non-hydrogen) atoms. The van der Waals surface area contributed by atoms with E-state index < -0.39 is 0 Å². The molecule has 100 valence electrons. The molecule has 2 rings (SSSR count). The molecule has 0 bridgehead atoms. The molecule has 1 aromatic carbocycles. The quantitative estimate of drug-likeness (QED) is 0.885. The molecule has 0 radical (unpaired) electrons. The maximum absolute atomic E-state index is 5.78. The number of para-hydroxylation sites is 1. The summed E-state index contributed by atoms with van der Waals surface area (Å²) in [4.78, 5) is 2.44. The summed E-state index contributed by atoms with van der Waals surface area (Å²) in [6.07, 6.45) is 0. The predicted molar refractivity (Wildman–Crippen MR) is 76.1 cm³/mol. The number of hydrogen-bond acceptors (Lipinski definition) is 3. The minimum Gasteiger partial charge on any atom is -0.372 e. The summed E-state index contributed by atoms with van der Waals surface area (Å²) >= 11 is 0. The molecule has 0 amide bonds. The maximum Gasteiger partial charge on any atom is 0.0801 e. The molecular weight excluding hydrogens is 224 g/mol. The van der Waals surface area contributed by atoms with Gasteiger partial charge in [0.05, 0.1) is 12.2 Å². The van der Waals surface area contributed by atoms with Gasteiger partial charge in [0.15, 0.2) is 0 Å². The van der Waals surface area contributed by atoms with Crippen molar-refractivity contribution in [1.82, 2.24) is 5.32 Å². The number of hydrogen-bond donors (Lipinski definition) is 1. The zero-order valence-electron chi connectivity index (χ0n) is 11.7. The number of ether oxygens (including phenoxy) is 1. The highest BCUT2D eigenvalue weighted by Crippen LogP contribution is 2.26. The first-order chi connectivity index (χ1) is 8.62. The standard InChI is InChI=1S/C15H24N2O/c1-4-16-11-13-7-5-6-8-14(13)17-9-10-18-15(2,3)12-17/h5-8,16H,4,9-12H2,1-3H3. The smallest absolute Gasteiger partial charge is 0.0801 e. The molecule has 3 nitrogen and oxygen atoms in total. The van der Waals surface area contributed by atoms with E-state index in [0.717, 1.165) is 32.8 Å². The van der Waals surface area contributed by atoms with Gasteiger partial charge >= 0.3 is 0 Å². The highest BCUT2D eigenvalue weighted by atomic mass is 16.5. The van der Waals surface area contributed by atoms with Gasteiger partial charge in [-0.2, -0.15) is 0 Å².